The lowest BCUT2D eigenvalue weighted by Crippen LogP contribution is -2.45. The van der Waals surface area contributed by atoms with Gasteiger partial charge in [-0.25, -0.2) is 4.98 Å². The number of pyridine rings is 1. The molecular weight excluding hydrogens is 362 g/mol. The van der Waals surface area contributed by atoms with Gasteiger partial charge in [0.1, 0.15) is 5.82 Å². The van der Waals surface area contributed by atoms with Crippen molar-refractivity contribution in [3.05, 3.63) is 23.4 Å². The summed E-state index contributed by atoms with van der Waals surface area (Å²) in [6, 6.07) is 4.04. The molecule has 0 spiro atoms. The highest BCUT2D eigenvalue weighted by molar-refractivity contribution is 6.32. The normalized spacial score (nSPS) is 18.8. The van der Waals surface area contributed by atoms with Gasteiger partial charge in [-0.15, -0.1) is 0 Å². The Balaban J connectivity index is 1.94. The number of hydrogen-bond acceptors (Lipinski definition) is 4. The van der Waals surface area contributed by atoms with Gasteiger partial charge in [-0.1, -0.05) is 25.4 Å². The number of nitrogens with zero attached hydrogens (tertiary/aromatic N) is 3. The molecule has 6 nitrogen and oxygen atoms in total. The molecule has 1 aliphatic heterocycles. The number of guanidine groups is 1. The Kier molecular flexibility index (Phi) is 9.15. The highest BCUT2D eigenvalue weighted by Gasteiger charge is 2.25. The summed E-state index contributed by atoms with van der Waals surface area (Å²) in [7, 11) is 0. The van der Waals surface area contributed by atoms with E-state index in [-0.39, 0.29) is 6.61 Å². The Morgan fingerprint density at radius 3 is 2.96 bits per heavy atom. The molecule has 2 heterocycles. The Labute approximate surface area is 168 Å². The third-order valence-corrected chi connectivity index (χ3v) is 5.06. The van der Waals surface area contributed by atoms with Gasteiger partial charge in [0.05, 0.1) is 5.02 Å². The predicted molar refractivity (Wildman–Crippen MR) is 114 cm³/mol. The first-order valence-corrected chi connectivity index (χ1v) is 10.4. The highest BCUT2D eigenvalue weighted by Crippen LogP contribution is 2.25. The van der Waals surface area contributed by atoms with Crippen LogP contribution in [0.25, 0.3) is 0 Å². The molecule has 1 aliphatic rings. The van der Waals surface area contributed by atoms with E-state index in [1.54, 1.807) is 6.20 Å². The van der Waals surface area contributed by atoms with Gasteiger partial charge in [0, 0.05) is 45.0 Å². The lowest BCUT2D eigenvalue weighted by molar-refractivity contribution is 0.245. The van der Waals surface area contributed by atoms with Crippen LogP contribution >= 0.6 is 11.6 Å². The first-order valence-electron chi connectivity index (χ1n) is 10.0. The van der Waals surface area contributed by atoms with Crippen LogP contribution in [-0.4, -0.2) is 54.9 Å². The SMILES string of the molecule is CCNC(=NCC(CCO)CC(C)C)NC1CCN(c2ncccc2Cl)C1. The number of hydrogen-bond donors (Lipinski definition) is 3. The van der Waals surface area contributed by atoms with Crippen LogP contribution in [0.1, 0.15) is 40.0 Å². The van der Waals surface area contributed by atoms with Gasteiger partial charge in [0.15, 0.2) is 5.96 Å². The number of anilines is 1. The van der Waals surface area contributed by atoms with Crippen LogP contribution in [0.3, 0.4) is 0 Å². The molecule has 0 bridgehead atoms. The third kappa shape index (κ3) is 7.18. The van der Waals surface area contributed by atoms with Crippen LogP contribution in [0.2, 0.25) is 5.02 Å². The van der Waals surface area contributed by atoms with E-state index in [0.29, 0.717) is 22.9 Å². The number of rotatable bonds is 9. The van der Waals surface area contributed by atoms with Crippen LogP contribution in [-0.2, 0) is 0 Å². The molecule has 1 saturated heterocycles. The molecule has 152 valence electrons. The second-order valence-corrected chi connectivity index (χ2v) is 8.02. The number of halogens is 1. The molecule has 2 unspecified atom stereocenters. The minimum absolute atomic E-state index is 0.222. The van der Waals surface area contributed by atoms with Gasteiger partial charge in [0.25, 0.3) is 0 Å². The Hall–Kier alpha value is -1.53. The fraction of sp³-hybridized carbons (Fsp3) is 0.700. The largest absolute Gasteiger partial charge is 0.396 e. The molecule has 2 rings (SSSR count). The molecule has 0 radical (unpaired) electrons. The van der Waals surface area contributed by atoms with Gasteiger partial charge in [-0.05, 0) is 50.2 Å². The molecule has 0 saturated carbocycles. The Morgan fingerprint density at radius 1 is 1.48 bits per heavy atom. The van der Waals surface area contributed by atoms with E-state index < -0.39 is 0 Å². The Morgan fingerprint density at radius 2 is 2.30 bits per heavy atom. The van der Waals surface area contributed by atoms with Crippen molar-refractivity contribution in [1.29, 1.82) is 0 Å². The van der Waals surface area contributed by atoms with Crippen molar-refractivity contribution in [3.63, 3.8) is 0 Å². The first-order chi connectivity index (χ1) is 13.0. The summed E-state index contributed by atoms with van der Waals surface area (Å²) >= 11 is 6.28. The minimum atomic E-state index is 0.222. The number of nitrogens with one attached hydrogen (secondary N) is 2. The zero-order valence-electron chi connectivity index (χ0n) is 16.8. The Bertz CT molecular complexity index is 595. The lowest BCUT2D eigenvalue weighted by Gasteiger charge is -2.21. The summed E-state index contributed by atoms with van der Waals surface area (Å²) < 4.78 is 0. The van der Waals surface area contributed by atoms with E-state index in [2.05, 4.69) is 41.3 Å². The maximum Gasteiger partial charge on any atom is 0.191 e. The first kappa shape index (κ1) is 21.8. The van der Waals surface area contributed by atoms with Crippen molar-refractivity contribution in [2.75, 3.05) is 37.7 Å². The van der Waals surface area contributed by atoms with E-state index in [9.17, 15) is 5.11 Å². The van der Waals surface area contributed by atoms with E-state index in [1.165, 1.54) is 0 Å². The summed E-state index contributed by atoms with van der Waals surface area (Å²) in [5, 5.41) is 16.9. The molecule has 7 heteroatoms. The second kappa shape index (κ2) is 11.3. The lowest BCUT2D eigenvalue weighted by atomic mass is 9.94. The van der Waals surface area contributed by atoms with Gasteiger partial charge in [-0.2, -0.15) is 0 Å². The number of aliphatic hydroxyl groups is 1. The van der Waals surface area contributed by atoms with Crippen LogP contribution in [0.5, 0.6) is 0 Å². The standard InChI is InChI=1S/C20H34ClN5O/c1-4-22-20(24-13-16(8-11-27)12-15(2)3)25-17-7-10-26(14-17)19-18(21)6-5-9-23-19/h5-6,9,15-17,27H,4,7-8,10-14H2,1-3H3,(H2,22,24,25). The smallest absolute Gasteiger partial charge is 0.191 e. The van der Waals surface area contributed by atoms with Crippen molar-refractivity contribution in [3.8, 4) is 0 Å². The molecule has 27 heavy (non-hydrogen) atoms. The number of aliphatic imine (C=N–C) groups is 1. The molecule has 0 amide bonds. The maximum absolute atomic E-state index is 9.31. The molecule has 0 aromatic carbocycles. The quantitative estimate of drug-likeness (QED) is 0.443. The monoisotopic (exact) mass is 395 g/mol. The summed E-state index contributed by atoms with van der Waals surface area (Å²) in [5.41, 5.74) is 0. The van der Waals surface area contributed by atoms with Crippen LogP contribution in [0.15, 0.2) is 23.3 Å². The maximum atomic E-state index is 9.31. The molecular formula is C20H34ClN5O. The minimum Gasteiger partial charge on any atom is -0.396 e. The summed E-state index contributed by atoms with van der Waals surface area (Å²) in [4.78, 5) is 11.4. The molecule has 1 aromatic heterocycles. The van der Waals surface area contributed by atoms with Crippen molar-refractivity contribution < 1.29 is 5.11 Å². The molecule has 1 fully saturated rings. The summed E-state index contributed by atoms with van der Waals surface area (Å²) in [6.45, 7) is 10.1. The van der Waals surface area contributed by atoms with Crippen LogP contribution in [0.4, 0.5) is 5.82 Å². The van der Waals surface area contributed by atoms with E-state index in [4.69, 9.17) is 16.6 Å². The van der Waals surface area contributed by atoms with Crippen molar-refractivity contribution >= 4 is 23.4 Å². The zero-order chi connectivity index (χ0) is 19.6. The average molecular weight is 396 g/mol. The topological polar surface area (TPSA) is 72.8 Å². The molecule has 3 N–H and O–H groups in total. The fourth-order valence-corrected chi connectivity index (χ4v) is 3.79. The zero-order valence-corrected chi connectivity index (χ0v) is 17.5. The van der Waals surface area contributed by atoms with Gasteiger partial charge < -0.3 is 20.6 Å². The van der Waals surface area contributed by atoms with E-state index in [0.717, 1.165) is 57.2 Å². The van der Waals surface area contributed by atoms with Gasteiger partial charge >= 0.3 is 0 Å². The highest BCUT2D eigenvalue weighted by atomic mass is 35.5. The number of aliphatic hydroxyl groups excluding tert-OH is 1. The van der Waals surface area contributed by atoms with E-state index in [1.807, 2.05) is 12.1 Å². The van der Waals surface area contributed by atoms with Crippen molar-refractivity contribution in [2.45, 2.75) is 46.1 Å². The van der Waals surface area contributed by atoms with Gasteiger partial charge in [0.2, 0.25) is 0 Å². The van der Waals surface area contributed by atoms with Crippen LogP contribution < -0.4 is 15.5 Å². The summed E-state index contributed by atoms with van der Waals surface area (Å²) in [5.74, 6) is 2.73. The average Bonchev–Trinajstić information content (AvgIpc) is 3.08. The van der Waals surface area contributed by atoms with Gasteiger partial charge in [-0.3, -0.25) is 4.99 Å². The van der Waals surface area contributed by atoms with Crippen molar-refractivity contribution in [2.24, 2.45) is 16.8 Å². The number of aromatic nitrogens is 1. The molecule has 2 atom stereocenters. The fourth-order valence-electron chi connectivity index (χ4n) is 3.55. The van der Waals surface area contributed by atoms with Crippen LogP contribution in [0, 0.1) is 11.8 Å². The molecule has 0 aliphatic carbocycles. The van der Waals surface area contributed by atoms with E-state index >= 15 is 0 Å². The second-order valence-electron chi connectivity index (χ2n) is 7.61. The van der Waals surface area contributed by atoms with Crippen molar-refractivity contribution in [1.82, 2.24) is 15.6 Å². The predicted octanol–water partition coefficient (Wildman–Crippen LogP) is 2.91. The third-order valence-electron chi connectivity index (χ3n) is 4.76. The summed E-state index contributed by atoms with van der Waals surface area (Å²) in [6.07, 6.45) is 4.68. The molecule has 1 aromatic rings.